The Hall–Kier alpha value is -2.08. The minimum Gasteiger partial charge on any atom is -0.455 e. The fourth-order valence-corrected chi connectivity index (χ4v) is 4.22. The standard InChI is InChI=1S/C20H28N4O2/c1-2-23-13-9-21-19(23)16-6-5-12-24(14-16)20(25)18-8-7-17(26-18)15-22-10-3-4-11-22/h7-9,13,16H,2-6,10-12,14-15H2,1H3. The maximum atomic E-state index is 12.9. The monoisotopic (exact) mass is 356 g/mol. The zero-order chi connectivity index (χ0) is 17.9. The maximum absolute atomic E-state index is 12.9. The van der Waals surface area contributed by atoms with E-state index in [1.807, 2.05) is 29.4 Å². The highest BCUT2D eigenvalue weighted by molar-refractivity contribution is 5.91. The Bertz CT molecular complexity index is 745. The molecule has 0 spiro atoms. The number of piperidine rings is 1. The van der Waals surface area contributed by atoms with Crippen LogP contribution in [0.2, 0.25) is 0 Å². The average molecular weight is 356 g/mol. The van der Waals surface area contributed by atoms with Crippen molar-refractivity contribution in [3.8, 4) is 0 Å². The number of carbonyl (C=O) groups is 1. The van der Waals surface area contributed by atoms with Gasteiger partial charge in [0.05, 0.1) is 6.54 Å². The van der Waals surface area contributed by atoms with Crippen molar-refractivity contribution in [3.05, 3.63) is 41.9 Å². The van der Waals surface area contributed by atoms with Crippen molar-refractivity contribution in [1.29, 1.82) is 0 Å². The first-order valence-corrected chi connectivity index (χ1v) is 9.86. The molecule has 1 atom stereocenters. The predicted molar refractivity (Wildman–Crippen MR) is 99.0 cm³/mol. The van der Waals surface area contributed by atoms with E-state index in [-0.39, 0.29) is 5.91 Å². The molecule has 6 heteroatoms. The summed E-state index contributed by atoms with van der Waals surface area (Å²) in [5.41, 5.74) is 0. The van der Waals surface area contributed by atoms with E-state index in [1.165, 1.54) is 12.8 Å². The summed E-state index contributed by atoms with van der Waals surface area (Å²) in [5.74, 6) is 2.78. The molecule has 0 saturated carbocycles. The van der Waals surface area contributed by atoms with Crippen molar-refractivity contribution in [3.63, 3.8) is 0 Å². The Morgan fingerprint density at radius 1 is 1.23 bits per heavy atom. The minimum atomic E-state index is 0.0111. The highest BCUT2D eigenvalue weighted by Gasteiger charge is 2.29. The number of amides is 1. The molecule has 2 aromatic rings. The second-order valence-electron chi connectivity index (χ2n) is 7.41. The quantitative estimate of drug-likeness (QED) is 0.826. The molecule has 2 aliphatic heterocycles. The summed E-state index contributed by atoms with van der Waals surface area (Å²) < 4.78 is 8.06. The third-order valence-electron chi connectivity index (χ3n) is 5.61. The van der Waals surface area contributed by atoms with Crippen molar-refractivity contribution in [2.45, 2.75) is 51.6 Å². The van der Waals surface area contributed by atoms with Crippen LogP contribution in [0.4, 0.5) is 0 Å². The maximum Gasteiger partial charge on any atom is 0.289 e. The zero-order valence-corrected chi connectivity index (χ0v) is 15.6. The molecule has 0 N–H and O–H groups in total. The van der Waals surface area contributed by atoms with Gasteiger partial charge >= 0.3 is 0 Å². The Morgan fingerprint density at radius 3 is 2.88 bits per heavy atom. The van der Waals surface area contributed by atoms with Crippen LogP contribution in [0.3, 0.4) is 0 Å². The van der Waals surface area contributed by atoms with Crippen LogP contribution in [0.5, 0.6) is 0 Å². The lowest BCUT2D eigenvalue weighted by Crippen LogP contribution is -2.39. The molecule has 6 nitrogen and oxygen atoms in total. The molecule has 4 rings (SSSR count). The minimum absolute atomic E-state index is 0.0111. The second-order valence-corrected chi connectivity index (χ2v) is 7.41. The number of hydrogen-bond acceptors (Lipinski definition) is 4. The summed E-state index contributed by atoms with van der Waals surface area (Å²) in [6.45, 7) is 7.62. The van der Waals surface area contributed by atoms with Gasteiger partial charge in [0.15, 0.2) is 5.76 Å². The topological polar surface area (TPSA) is 54.5 Å². The number of likely N-dealkylation sites (tertiary alicyclic amines) is 2. The van der Waals surface area contributed by atoms with Crippen LogP contribution < -0.4 is 0 Å². The SMILES string of the molecule is CCn1ccnc1C1CCCN(C(=O)c2ccc(CN3CCCC3)o2)C1. The molecule has 1 amide bonds. The van der Waals surface area contributed by atoms with E-state index in [0.29, 0.717) is 11.7 Å². The van der Waals surface area contributed by atoms with Gasteiger partial charge in [-0.05, 0) is 57.8 Å². The summed E-state index contributed by atoms with van der Waals surface area (Å²) in [6.07, 6.45) is 8.49. The van der Waals surface area contributed by atoms with Crippen LogP contribution in [-0.2, 0) is 13.1 Å². The molecule has 0 aliphatic carbocycles. The second kappa shape index (κ2) is 7.66. The molecule has 1 unspecified atom stereocenters. The highest BCUT2D eigenvalue weighted by atomic mass is 16.4. The Morgan fingerprint density at radius 2 is 2.08 bits per heavy atom. The molecule has 0 radical (unpaired) electrons. The van der Waals surface area contributed by atoms with E-state index in [2.05, 4.69) is 21.4 Å². The van der Waals surface area contributed by atoms with Gasteiger partial charge in [0, 0.05) is 37.9 Å². The smallest absolute Gasteiger partial charge is 0.289 e. The van der Waals surface area contributed by atoms with Crippen LogP contribution >= 0.6 is 0 Å². The van der Waals surface area contributed by atoms with Crippen LogP contribution in [0.1, 0.15) is 60.7 Å². The molecule has 2 aromatic heterocycles. The summed E-state index contributed by atoms with van der Waals surface area (Å²) >= 11 is 0. The largest absolute Gasteiger partial charge is 0.455 e. The Labute approximate surface area is 154 Å². The van der Waals surface area contributed by atoms with Crippen LogP contribution in [-0.4, -0.2) is 51.4 Å². The summed E-state index contributed by atoms with van der Waals surface area (Å²) in [5, 5.41) is 0. The third kappa shape index (κ3) is 3.56. The van der Waals surface area contributed by atoms with Gasteiger partial charge in [-0.15, -0.1) is 0 Å². The van der Waals surface area contributed by atoms with E-state index in [4.69, 9.17) is 4.42 Å². The molecule has 26 heavy (non-hydrogen) atoms. The van der Waals surface area contributed by atoms with Gasteiger partial charge in [0.25, 0.3) is 5.91 Å². The first kappa shape index (κ1) is 17.3. The van der Waals surface area contributed by atoms with Gasteiger partial charge in [-0.25, -0.2) is 4.98 Å². The lowest BCUT2D eigenvalue weighted by molar-refractivity contribution is 0.0667. The van der Waals surface area contributed by atoms with Crippen LogP contribution in [0.15, 0.2) is 28.9 Å². The molecular weight excluding hydrogens is 328 g/mol. The van der Waals surface area contributed by atoms with Crippen LogP contribution in [0, 0.1) is 0 Å². The fraction of sp³-hybridized carbons (Fsp3) is 0.600. The highest BCUT2D eigenvalue weighted by Crippen LogP contribution is 2.27. The summed E-state index contributed by atoms with van der Waals surface area (Å²) in [6, 6.07) is 3.79. The van der Waals surface area contributed by atoms with Gasteiger partial charge in [-0.2, -0.15) is 0 Å². The number of carbonyl (C=O) groups excluding carboxylic acids is 1. The van der Waals surface area contributed by atoms with Crippen molar-refractivity contribution < 1.29 is 9.21 Å². The fourth-order valence-electron chi connectivity index (χ4n) is 4.22. The molecule has 140 valence electrons. The summed E-state index contributed by atoms with van der Waals surface area (Å²) in [4.78, 5) is 21.8. The van der Waals surface area contributed by atoms with Crippen molar-refractivity contribution in [2.75, 3.05) is 26.2 Å². The lowest BCUT2D eigenvalue weighted by Gasteiger charge is -2.32. The van der Waals surface area contributed by atoms with Gasteiger partial charge in [0.2, 0.25) is 0 Å². The molecule has 2 saturated heterocycles. The van der Waals surface area contributed by atoms with Crippen molar-refractivity contribution in [1.82, 2.24) is 19.4 Å². The lowest BCUT2D eigenvalue weighted by atomic mass is 9.97. The molecule has 2 aliphatic rings. The molecule has 4 heterocycles. The van der Waals surface area contributed by atoms with Gasteiger partial charge in [0.1, 0.15) is 11.6 Å². The predicted octanol–water partition coefficient (Wildman–Crippen LogP) is 3.11. The Kier molecular flexibility index (Phi) is 5.11. The first-order chi connectivity index (χ1) is 12.7. The van der Waals surface area contributed by atoms with Crippen molar-refractivity contribution in [2.24, 2.45) is 0 Å². The van der Waals surface area contributed by atoms with E-state index in [0.717, 1.165) is 63.7 Å². The summed E-state index contributed by atoms with van der Waals surface area (Å²) in [7, 11) is 0. The number of aromatic nitrogens is 2. The molecule has 0 bridgehead atoms. The number of aryl methyl sites for hydroxylation is 1. The Balaban J connectivity index is 1.42. The third-order valence-corrected chi connectivity index (χ3v) is 5.61. The molecule has 2 fully saturated rings. The molecular formula is C20H28N4O2. The molecule has 0 aromatic carbocycles. The van der Waals surface area contributed by atoms with Crippen LogP contribution in [0.25, 0.3) is 0 Å². The number of nitrogens with zero attached hydrogens (tertiary/aromatic N) is 4. The van der Waals surface area contributed by atoms with E-state index < -0.39 is 0 Å². The van der Waals surface area contributed by atoms with E-state index in [9.17, 15) is 4.79 Å². The normalized spacial score (nSPS) is 21.4. The number of furan rings is 1. The van der Waals surface area contributed by atoms with Gasteiger partial charge < -0.3 is 13.9 Å². The number of hydrogen-bond donors (Lipinski definition) is 0. The average Bonchev–Trinajstić information content (AvgIpc) is 3.43. The number of rotatable bonds is 5. The number of imidazole rings is 1. The first-order valence-electron chi connectivity index (χ1n) is 9.86. The zero-order valence-electron chi connectivity index (χ0n) is 15.6. The van der Waals surface area contributed by atoms with Gasteiger partial charge in [-0.1, -0.05) is 0 Å². The van der Waals surface area contributed by atoms with Crippen molar-refractivity contribution >= 4 is 5.91 Å². The van der Waals surface area contributed by atoms with E-state index >= 15 is 0 Å². The van der Waals surface area contributed by atoms with Gasteiger partial charge in [-0.3, -0.25) is 9.69 Å². The van der Waals surface area contributed by atoms with E-state index in [1.54, 1.807) is 0 Å².